The molecule has 0 spiro atoms. The Kier molecular flexibility index (Phi) is 6.10. The van der Waals surface area contributed by atoms with Gasteiger partial charge in [0.15, 0.2) is 0 Å². The molecule has 0 fully saturated rings. The van der Waals surface area contributed by atoms with Crippen molar-refractivity contribution in [2.75, 3.05) is 13.7 Å². The Balaban J connectivity index is 2.92. The van der Waals surface area contributed by atoms with Crippen molar-refractivity contribution in [3.05, 3.63) is 34.9 Å². The van der Waals surface area contributed by atoms with Crippen molar-refractivity contribution >= 4 is 6.08 Å². The van der Waals surface area contributed by atoms with Gasteiger partial charge in [-0.2, -0.15) is 0 Å². The van der Waals surface area contributed by atoms with E-state index in [0.29, 0.717) is 12.0 Å². The van der Waals surface area contributed by atoms with Crippen molar-refractivity contribution in [1.29, 1.82) is 0 Å². The van der Waals surface area contributed by atoms with E-state index in [2.05, 4.69) is 58.1 Å². The van der Waals surface area contributed by atoms with Crippen LogP contribution in [-0.2, 0) is 0 Å². The molecule has 2 nitrogen and oxygen atoms in total. The molecule has 0 heterocycles. The zero-order valence-corrected chi connectivity index (χ0v) is 13.1. The summed E-state index contributed by atoms with van der Waals surface area (Å²) < 4.78 is 5.30. The van der Waals surface area contributed by atoms with E-state index in [0.717, 1.165) is 12.3 Å². The van der Waals surface area contributed by atoms with Gasteiger partial charge in [-0.15, -0.1) is 0 Å². The molecule has 0 unspecified atom stereocenters. The molecule has 0 bridgehead atoms. The second-order valence-electron chi connectivity index (χ2n) is 5.64. The lowest BCUT2D eigenvalue weighted by Crippen LogP contribution is -2.26. The van der Waals surface area contributed by atoms with Crippen molar-refractivity contribution in [2.45, 2.75) is 40.7 Å². The maximum atomic E-state index is 5.30. The summed E-state index contributed by atoms with van der Waals surface area (Å²) in [6.45, 7) is 11.9. The number of aryl methyl sites for hydroxylation is 1. The summed E-state index contributed by atoms with van der Waals surface area (Å²) in [6.07, 6.45) is 2.28. The van der Waals surface area contributed by atoms with Crippen LogP contribution in [0.5, 0.6) is 5.75 Å². The van der Waals surface area contributed by atoms with Gasteiger partial charge in [0.25, 0.3) is 0 Å². The molecular formula is C17H27NO. The fourth-order valence-electron chi connectivity index (χ4n) is 1.95. The van der Waals surface area contributed by atoms with Gasteiger partial charge in [0.2, 0.25) is 0 Å². The fraction of sp³-hybridized carbons (Fsp3) is 0.529. The minimum atomic E-state index is 0.514. The molecule has 0 atom stereocenters. The van der Waals surface area contributed by atoms with Crippen LogP contribution < -0.4 is 10.1 Å². The molecule has 2 heteroatoms. The van der Waals surface area contributed by atoms with Gasteiger partial charge in [0.05, 0.1) is 7.11 Å². The van der Waals surface area contributed by atoms with Gasteiger partial charge in [-0.3, -0.25) is 0 Å². The third-order valence-electron chi connectivity index (χ3n) is 3.23. The number of rotatable bonds is 6. The molecule has 0 radical (unpaired) electrons. The van der Waals surface area contributed by atoms with Gasteiger partial charge in [-0.25, -0.2) is 0 Å². The van der Waals surface area contributed by atoms with Crippen LogP contribution in [0.15, 0.2) is 23.8 Å². The molecule has 19 heavy (non-hydrogen) atoms. The maximum absolute atomic E-state index is 5.30. The van der Waals surface area contributed by atoms with Crippen molar-refractivity contribution in [3.63, 3.8) is 0 Å². The van der Waals surface area contributed by atoms with Crippen molar-refractivity contribution in [2.24, 2.45) is 5.92 Å². The Morgan fingerprint density at radius 2 is 1.95 bits per heavy atom. The first-order valence-corrected chi connectivity index (χ1v) is 7.02. The number of nitrogens with one attached hydrogen (secondary N) is 1. The van der Waals surface area contributed by atoms with Crippen molar-refractivity contribution in [3.8, 4) is 5.75 Å². The molecule has 106 valence electrons. The van der Waals surface area contributed by atoms with Crippen LogP contribution in [0.3, 0.4) is 0 Å². The zero-order valence-electron chi connectivity index (χ0n) is 13.1. The number of methoxy groups -OCH3 is 1. The largest absolute Gasteiger partial charge is 0.496 e. The SMILES string of the molecule is COc1ccc(C=C(CNC(C)C)C(C)C)cc1C. The molecule has 1 aromatic rings. The van der Waals surface area contributed by atoms with Crippen LogP contribution in [0.2, 0.25) is 0 Å². The predicted octanol–water partition coefficient (Wildman–Crippen LogP) is 4.04. The summed E-state index contributed by atoms with van der Waals surface area (Å²) >= 11 is 0. The lowest BCUT2D eigenvalue weighted by atomic mass is 9.99. The quantitative estimate of drug-likeness (QED) is 0.834. The standard InChI is InChI=1S/C17H27NO/c1-12(2)16(11-18-13(3)4)10-15-7-8-17(19-6)14(5)9-15/h7-10,12-13,18H,11H2,1-6H3. The van der Waals surface area contributed by atoms with Gasteiger partial charge in [-0.05, 0) is 36.1 Å². The first-order chi connectivity index (χ1) is 8.93. The van der Waals surface area contributed by atoms with E-state index in [-0.39, 0.29) is 0 Å². The van der Waals surface area contributed by atoms with Crippen LogP contribution in [0.4, 0.5) is 0 Å². The third-order valence-corrected chi connectivity index (χ3v) is 3.23. The second-order valence-corrected chi connectivity index (χ2v) is 5.64. The highest BCUT2D eigenvalue weighted by molar-refractivity contribution is 5.56. The summed E-state index contributed by atoms with van der Waals surface area (Å²) in [5.41, 5.74) is 3.85. The number of hydrogen-bond donors (Lipinski definition) is 1. The van der Waals surface area contributed by atoms with E-state index in [1.807, 2.05) is 6.07 Å². The van der Waals surface area contributed by atoms with E-state index in [4.69, 9.17) is 4.74 Å². The van der Waals surface area contributed by atoms with E-state index in [1.54, 1.807) is 7.11 Å². The average molecular weight is 261 g/mol. The van der Waals surface area contributed by atoms with Crippen molar-refractivity contribution in [1.82, 2.24) is 5.32 Å². The van der Waals surface area contributed by atoms with E-state index < -0.39 is 0 Å². The molecule has 0 aliphatic rings. The topological polar surface area (TPSA) is 21.3 Å². The molecule has 0 saturated carbocycles. The van der Waals surface area contributed by atoms with E-state index in [1.165, 1.54) is 16.7 Å². The zero-order chi connectivity index (χ0) is 14.4. The molecule has 1 aromatic carbocycles. The Hall–Kier alpha value is -1.28. The van der Waals surface area contributed by atoms with Crippen LogP contribution in [-0.4, -0.2) is 19.7 Å². The molecule has 1 N–H and O–H groups in total. The number of benzene rings is 1. The second kappa shape index (κ2) is 7.34. The van der Waals surface area contributed by atoms with E-state index in [9.17, 15) is 0 Å². The maximum Gasteiger partial charge on any atom is 0.121 e. The molecule has 0 aromatic heterocycles. The van der Waals surface area contributed by atoms with Crippen LogP contribution in [0, 0.1) is 12.8 Å². The van der Waals surface area contributed by atoms with Gasteiger partial charge < -0.3 is 10.1 Å². The highest BCUT2D eigenvalue weighted by Crippen LogP contribution is 2.21. The third kappa shape index (κ3) is 5.07. The first kappa shape index (κ1) is 15.8. The highest BCUT2D eigenvalue weighted by atomic mass is 16.5. The predicted molar refractivity (Wildman–Crippen MR) is 83.7 cm³/mol. The monoisotopic (exact) mass is 261 g/mol. The Bertz CT molecular complexity index is 433. The van der Waals surface area contributed by atoms with Crippen LogP contribution >= 0.6 is 0 Å². The molecule has 0 aliphatic carbocycles. The van der Waals surface area contributed by atoms with Crippen molar-refractivity contribution < 1.29 is 4.74 Å². The average Bonchev–Trinajstić information content (AvgIpc) is 2.34. The molecular weight excluding hydrogens is 234 g/mol. The Morgan fingerprint density at radius 1 is 1.26 bits per heavy atom. The fourth-order valence-corrected chi connectivity index (χ4v) is 1.95. The lowest BCUT2D eigenvalue weighted by Gasteiger charge is -2.15. The van der Waals surface area contributed by atoms with Crippen LogP contribution in [0.1, 0.15) is 38.8 Å². The summed E-state index contributed by atoms with van der Waals surface area (Å²) in [5, 5.41) is 3.49. The molecule has 0 aliphatic heterocycles. The van der Waals surface area contributed by atoms with E-state index >= 15 is 0 Å². The van der Waals surface area contributed by atoms with Crippen LogP contribution in [0.25, 0.3) is 6.08 Å². The van der Waals surface area contributed by atoms with Gasteiger partial charge in [0, 0.05) is 12.6 Å². The molecule has 0 saturated heterocycles. The number of ether oxygens (including phenoxy) is 1. The lowest BCUT2D eigenvalue weighted by molar-refractivity contribution is 0.411. The Morgan fingerprint density at radius 3 is 2.42 bits per heavy atom. The molecule has 0 amide bonds. The normalized spacial score (nSPS) is 12.3. The summed E-state index contributed by atoms with van der Waals surface area (Å²) in [4.78, 5) is 0. The minimum absolute atomic E-state index is 0.514. The molecule has 1 rings (SSSR count). The highest BCUT2D eigenvalue weighted by Gasteiger charge is 2.05. The minimum Gasteiger partial charge on any atom is -0.496 e. The van der Waals surface area contributed by atoms with Gasteiger partial charge in [0.1, 0.15) is 5.75 Å². The summed E-state index contributed by atoms with van der Waals surface area (Å²) in [7, 11) is 1.71. The number of hydrogen-bond acceptors (Lipinski definition) is 2. The summed E-state index contributed by atoms with van der Waals surface area (Å²) in [5.74, 6) is 1.50. The van der Waals surface area contributed by atoms with Gasteiger partial charge >= 0.3 is 0 Å². The summed E-state index contributed by atoms with van der Waals surface area (Å²) in [6, 6.07) is 6.84. The smallest absolute Gasteiger partial charge is 0.121 e. The Labute approximate surface area is 117 Å². The van der Waals surface area contributed by atoms with Gasteiger partial charge in [-0.1, -0.05) is 45.4 Å². The first-order valence-electron chi connectivity index (χ1n) is 7.02.